The normalized spacial score (nSPS) is 10.7. The molecule has 0 saturated carbocycles. The molecule has 212 valence electrons. The Morgan fingerprint density at radius 2 is 1.90 bits per heavy atom. The van der Waals surface area contributed by atoms with Crippen molar-refractivity contribution < 1.29 is 23.9 Å². The number of ether oxygens (including phenoxy) is 2. The zero-order chi connectivity index (χ0) is 29.5. The van der Waals surface area contributed by atoms with Crippen molar-refractivity contribution in [3.63, 3.8) is 0 Å². The second-order valence-electron chi connectivity index (χ2n) is 9.14. The number of fused-ring (bicyclic) bond motifs is 1. The molecule has 0 fully saturated rings. The molecular formula is C29H31N7O5. The summed E-state index contributed by atoms with van der Waals surface area (Å²) in [6, 6.07) is 11.9. The van der Waals surface area contributed by atoms with Crippen LogP contribution in [-0.4, -0.2) is 50.9 Å². The summed E-state index contributed by atoms with van der Waals surface area (Å²) < 4.78 is 14.2. The average Bonchev–Trinajstić information content (AvgIpc) is 3.53. The van der Waals surface area contributed by atoms with E-state index < -0.39 is 17.9 Å². The van der Waals surface area contributed by atoms with Gasteiger partial charge in [-0.3, -0.25) is 19.6 Å². The fourth-order valence-electron chi connectivity index (χ4n) is 4.30. The van der Waals surface area contributed by atoms with E-state index in [0.717, 1.165) is 11.1 Å². The van der Waals surface area contributed by atoms with Gasteiger partial charge in [0.05, 0.1) is 18.3 Å². The number of alkyl carbamates (subject to hydrolysis) is 1. The van der Waals surface area contributed by atoms with Crippen molar-refractivity contribution >= 4 is 34.9 Å². The minimum atomic E-state index is -0.637. The Labute approximate surface area is 236 Å². The Kier molecular flexibility index (Phi) is 8.88. The molecule has 2 heterocycles. The number of nitrogens with zero attached hydrogens (tertiary/aromatic N) is 4. The number of rotatable bonds is 11. The van der Waals surface area contributed by atoms with E-state index in [1.165, 1.54) is 13.2 Å². The summed E-state index contributed by atoms with van der Waals surface area (Å²) in [5, 5.41) is 9.91. The zero-order valence-corrected chi connectivity index (χ0v) is 23.1. The van der Waals surface area contributed by atoms with Gasteiger partial charge in [0.15, 0.2) is 0 Å². The number of imidazole rings is 1. The monoisotopic (exact) mass is 557 g/mol. The van der Waals surface area contributed by atoms with E-state index in [1.807, 2.05) is 6.92 Å². The number of hydrogen-bond acceptors (Lipinski definition) is 7. The minimum Gasteiger partial charge on any atom is -0.494 e. The van der Waals surface area contributed by atoms with Gasteiger partial charge in [-0.05, 0) is 56.2 Å². The lowest BCUT2D eigenvalue weighted by molar-refractivity contribution is 0.0995. The third-order valence-corrected chi connectivity index (χ3v) is 6.29. The van der Waals surface area contributed by atoms with Gasteiger partial charge in [0.2, 0.25) is 11.9 Å². The van der Waals surface area contributed by atoms with Crippen LogP contribution in [0.1, 0.15) is 51.0 Å². The molecule has 0 unspecified atom stereocenters. The van der Waals surface area contributed by atoms with E-state index >= 15 is 0 Å². The van der Waals surface area contributed by atoms with Gasteiger partial charge in [0.1, 0.15) is 23.6 Å². The Morgan fingerprint density at radius 1 is 1.15 bits per heavy atom. The molecule has 12 nitrogen and oxygen atoms in total. The van der Waals surface area contributed by atoms with Crippen molar-refractivity contribution in [1.29, 1.82) is 0 Å². The number of amides is 3. The molecule has 4 N–H and O–H groups in total. The van der Waals surface area contributed by atoms with Crippen LogP contribution in [0, 0.1) is 19.3 Å². The Morgan fingerprint density at radius 3 is 2.56 bits per heavy atom. The van der Waals surface area contributed by atoms with Gasteiger partial charge in [-0.25, -0.2) is 9.78 Å². The van der Waals surface area contributed by atoms with Gasteiger partial charge in [-0.2, -0.15) is 5.10 Å². The molecule has 41 heavy (non-hydrogen) atoms. The van der Waals surface area contributed by atoms with Gasteiger partial charge >= 0.3 is 6.09 Å². The van der Waals surface area contributed by atoms with Crippen LogP contribution in [0.2, 0.25) is 0 Å². The van der Waals surface area contributed by atoms with E-state index in [1.54, 1.807) is 52.6 Å². The third-order valence-electron chi connectivity index (χ3n) is 6.29. The van der Waals surface area contributed by atoms with E-state index in [9.17, 15) is 14.4 Å². The maximum atomic E-state index is 13.2. The summed E-state index contributed by atoms with van der Waals surface area (Å²) in [4.78, 5) is 41.9. The molecule has 2 aromatic heterocycles. The lowest BCUT2D eigenvalue weighted by atomic mass is 10.1. The van der Waals surface area contributed by atoms with E-state index in [2.05, 4.69) is 26.6 Å². The molecule has 0 radical (unpaired) electrons. The van der Waals surface area contributed by atoms with Crippen molar-refractivity contribution in [3.05, 3.63) is 70.5 Å². The fraction of sp³-hybridized carbons (Fsp3) is 0.276. The molecule has 4 aromatic rings. The Balaban J connectivity index is 1.50. The molecular weight excluding hydrogens is 526 g/mol. The number of carbonyl (C=O) groups excluding carboxylic acids is 3. The first-order valence-corrected chi connectivity index (χ1v) is 12.9. The number of methoxy groups -OCH3 is 1. The number of nitrogens with one attached hydrogen (secondary N) is 2. The van der Waals surface area contributed by atoms with E-state index in [0.29, 0.717) is 47.7 Å². The van der Waals surface area contributed by atoms with Crippen LogP contribution in [-0.2, 0) is 24.4 Å². The van der Waals surface area contributed by atoms with Crippen molar-refractivity contribution in [2.45, 2.75) is 40.0 Å². The quantitative estimate of drug-likeness (QED) is 0.189. The van der Waals surface area contributed by atoms with Crippen molar-refractivity contribution in [2.24, 2.45) is 5.73 Å². The third kappa shape index (κ3) is 6.65. The molecule has 0 bridgehead atoms. The summed E-state index contributed by atoms with van der Waals surface area (Å²) >= 11 is 0. The van der Waals surface area contributed by atoms with Crippen LogP contribution in [0.3, 0.4) is 0 Å². The van der Waals surface area contributed by atoms with Crippen LogP contribution in [0.15, 0.2) is 42.5 Å². The van der Waals surface area contributed by atoms with Crippen LogP contribution in [0.5, 0.6) is 5.75 Å². The topological polar surface area (TPSA) is 155 Å². The molecule has 2 aromatic carbocycles. The van der Waals surface area contributed by atoms with E-state index in [-0.39, 0.29) is 24.7 Å². The second kappa shape index (κ2) is 12.7. The highest BCUT2D eigenvalue weighted by Crippen LogP contribution is 2.31. The maximum Gasteiger partial charge on any atom is 0.407 e. The summed E-state index contributed by atoms with van der Waals surface area (Å²) in [6.07, 6.45) is 5.26. The highest BCUT2D eigenvalue weighted by Gasteiger charge is 2.21. The predicted octanol–water partition coefficient (Wildman–Crippen LogP) is 3.22. The van der Waals surface area contributed by atoms with Crippen molar-refractivity contribution in [3.8, 4) is 18.1 Å². The first kappa shape index (κ1) is 28.7. The first-order valence-electron chi connectivity index (χ1n) is 12.9. The second-order valence-corrected chi connectivity index (χ2v) is 9.14. The molecule has 0 atom stereocenters. The largest absolute Gasteiger partial charge is 0.494 e. The maximum absolute atomic E-state index is 13.2. The number of terminal acetylenes is 1. The Hall–Kier alpha value is -5.31. The van der Waals surface area contributed by atoms with E-state index in [4.69, 9.17) is 21.6 Å². The first-order chi connectivity index (χ1) is 19.7. The summed E-state index contributed by atoms with van der Waals surface area (Å²) in [6.45, 7) is 4.94. The standard InChI is InChI=1S/C29H31N7O5/c1-5-19-8-10-20(11-9-19)17-41-29(39)31-12-7-13-35-25-22(15-21(26(30)37)16-24(25)40-4)32-28(35)33-27(38)23-14-18(3)34-36(23)6-2/h1,8-11,14-16H,6-7,12-13,17H2,2-4H3,(H2,30,37)(H,31,39)(H,32,33,38). The molecule has 12 heteroatoms. The molecule has 0 aliphatic carbocycles. The molecule has 3 amide bonds. The molecule has 0 aliphatic heterocycles. The van der Waals surface area contributed by atoms with Gasteiger partial charge in [0.25, 0.3) is 5.91 Å². The summed E-state index contributed by atoms with van der Waals surface area (Å²) in [7, 11) is 1.47. The number of benzene rings is 2. The minimum absolute atomic E-state index is 0.103. The smallest absolute Gasteiger partial charge is 0.407 e. The number of primary amides is 1. The molecule has 4 rings (SSSR count). The van der Waals surface area contributed by atoms with Crippen LogP contribution in [0.25, 0.3) is 11.0 Å². The van der Waals surface area contributed by atoms with Crippen LogP contribution < -0.4 is 21.1 Å². The van der Waals surface area contributed by atoms with Crippen molar-refractivity contribution in [2.75, 3.05) is 19.0 Å². The number of hydrogen-bond donors (Lipinski definition) is 3. The Bertz CT molecular complexity index is 1630. The lowest BCUT2D eigenvalue weighted by Crippen LogP contribution is -2.26. The molecule has 0 aliphatic rings. The summed E-state index contributed by atoms with van der Waals surface area (Å²) in [5.41, 5.74) is 9.34. The predicted molar refractivity (Wildman–Crippen MR) is 153 cm³/mol. The van der Waals surface area contributed by atoms with Gasteiger partial charge in [-0.1, -0.05) is 18.1 Å². The molecule has 0 saturated heterocycles. The van der Waals surface area contributed by atoms with Crippen molar-refractivity contribution in [1.82, 2.24) is 24.6 Å². The number of aromatic nitrogens is 4. The number of carbonyl (C=O) groups is 3. The fourth-order valence-corrected chi connectivity index (χ4v) is 4.30. The number of anilines is 1. The molecule has 0 spiro atoms. The lowest BCUT2D eigenvalue weighted by Gasteiger charge is -2.13. The highest BCUT2D eigenvalue weighted by molar-refractivity contribution is 6.04. The van der Waals surface area contributed by atoms with Gasteiger partial charge < -0.3 is 25.1 Å². The highest BCUT2D eigenvalue weighted by atomic mass is 16.5. The van der Waals surface area contributed by atoms with Gasteiger partial charge in [-0.15, -0.1) is 6.42 Å². The SMILES string of the molecule is C#Cc1ccc(COC(=O)NCCCn2c(NC(=O)c3cc(C)nn3CC)nc3cc(C(N)=O)cc(OC)c32)cc1. The van der Waals surface area contributed by atoms with Gasteiger partial charge in [0, 0.05) is 30.8 Å². The average molecular weight is 558 g/mol. The van der Waals surface area contributed by atoms with Crippen LogP contribution in [0.4, 0.5) is 10.7 Å². The van der Waals surface area contributed by atoms with Crippen LogP contribution >= 0.6 is 0 Å². The number of aryl methyl sites for hydroxylation is 3. The number of nitrogens with two attached hydrogens (primary N) is 1. The summed E-state index contributed by atoms with van der Waals surface area (Å²) in [5.74, 6) is 2.11. The zero-order valence-electron chi connectivity index (χ0n) is 23.1.